The van der Waals surface area contributed by atoms with Crippen LogP contribution in [0.3, 0.4) is 0 Å². The molecule has 1 heterocycles. The summed E-state index contributed by atoms with van der Waals surface area (Å²) >= 11 is 1.75. The van der Waals surface area contributed by atoms with Crippen LogP contribution in [0.15, 0.2) is 60.7 Å². The summed E-state index contributed by atoms with van der Waals surface area (Å²) in [5, 5.41) is 1.23. The van der Waals surface area contributed by atoms with Gasteiger partial charge in [0.25, 0.3) is 0 Å². The Bertz CT molecular complexity index is 774. The lowest BCUT2D eigenvalue weighted by Crippen LogP contribution is -2.36. The molecule has 3 heteroatoms. The molecule has 2 nitrogen and oxygen atoms in total. The van der Waals surface area contributed by atoms with Crippen molar-refractivity contribution in [3.63, 3.8) is 0 Å². The van der Waals surface area contributed by atoms with Crippen LogP contribution in [-0.4, -0.2) is 12.6 Å². The molecule has 0 aliphatic carbocycles. The van der Waals surface area contributed by atoms with E-state index in [2.05, 4.69) is 18.2 Å². The maximum absolute atomic E-state index is 12.7. The molecular weight excluding hydrogens is 304 g/mol. The minimum atomic E-state index is -0.669. The zero-order valence-corrected chi connectivity index (χ0v) is 14.2. The van der Waals surface area contributed by atoms with Crippen LogP contribution in [0.5, 0.6) is 0 Å². The lowest BCUT2D eigenvalue weighted by molar-refractivity contribution is -0.149. The smallest absolute Gasteiger partial charge is 0.316 e. The molecule has 0 aliphatic heterocycles. The number of esters is 1. The number of hydrogen-bond donors (Lipinski definition) is 0. The summed E-state index contributed by atoms with van der Waals surface area (Å²) in [6.45, 7) is 4.22. The van der Waals surface area contributed by atoms with Gasteiger partial charge in [-0.25, -0.2) is 0 Å². The molecule has 3 aromatic rings. The van der Waals surface area contributed by atoms with E-state index in [0.29, 0.717) is 13.0 Å². The number of thiophene rings is 1. The van der Waals surface area contributed by atoms with E-state index in [4.69, 9.17) is 4.74 Å². The zero-order chi connectivity index (χ0) is 16.3. The van der Waals surface area contributed by atoms with Gasteiger partial charge in [0.2, 0.25) is 0 Å². The topological polar surface area (TPSA) is 26.3 Å². The maximum atomic E-state index is 12.7. The first-order valence-electron chi connectivity index (χ1n) is 7.83. The molecule has 0 aliphatic rings. The molecule has 1 aromatic heterocycles. The lowest BCUT2D eigenvalue weighted by atomic mass is 9.79. The Morgan fingerprint density at radius 3 is 2.48 bits per heavy atom. The van der Waals surface area contributed by atoms with Gasteiger partial charge < -0.3 is 4.74 Å². The Morgan fingerprint density at radius 2 is 1.78 bits per heavy atom. The molecule has 1 unspecified atom stereocenters. The number of fused-ring (bicyclic) bond motifs is 1. The average Bonchev–Trinajstić information content (AvgIpc) is 2.97. The third kappa shape index (κ3) is 3.15. The van der Waals surface area contributed by atoms with Gasteiger partial charge in [0.1, 0.15) is 0 Å². The fourth-order valence-corrected chi connectivity index (χ4v) is 4.08. The molecule has 23 heavy (non-hydrogen) atoms. The van der Waals surface area contributed by atoms with E-state index < -0.39 is 5.41 Å². The predicted molar refractivity (Wildman–Crippen MR) is 96.0 cm³/mol. The molecule has 0 fully saturated rings. The lowest BCUT2D eigenvalue weighted by Gasteiger charge is -2.27. The van der Waals surface area contributed by atoms with Crippen LogP contribution < -0.4 is 0 Å². The Hall–Kier alpha value is -2.13. The van der Waals surface area contributed by atoms with E-state index in [0.717, 1.165) is 5.56 Å². The maximum Gasteiger partial charge on any atom is 0.316 e. The van der Waals surface area contributed by atoms with Crippen LogP contribution in [0, 0.1) is 0 Å². The second-order valence-corrected chi connectivity index (χ2v) is 7.01. The molecule has 118 valence electrons. The van der Waals surface area contributed by atoms with Crippen LogP contribution in [0.25, 0.3) is 10.1 Å². The summed E-state index contributed by atoms with van der Waals surface area (Å²) < 4.78 is 6.63. The van der Waals surface area contributed by atoms with E-state index in [1.54, 1.807) is 11.3 Å². The third-order valence-corrected chi connectivity index (χ3v) is 5.26. The van der Waals surface area contributed by atoms with Crippen molar-refractivity contribution in [3.05, 3.63) is 71.1 Å². The summed E-state index contributed by atoms with van der Waals surface area (Å²) in [7, 11) is 0. The van der Waals surface area contributed by atoms with Gasteiger partial charge >= 0.3 is 5.97 Å². The van der Waals surface area contributed by atoms with Crippen molar-refractivity contribution in [2.45, 2.75) is 25.7 Å². The van der Waals surface area contributed by atoms with Gasteiger partial charge in [0.05, 0.1) is 12.0 Å². The quantitative estimate of drug-likeness (QED) is 0.620. The van der Waals surface area contributed by atoms with Crippen molar-refractivity contribution in [3.8, 4) is 0 Å². The number of hydrogen-bond acceptors (Lipinski definition) is 3. The summed E-state index contributed by atoms with van der Waals surface area (Å²) in [6, 6.07) is 20.4. The fourth-order valence-electron chi connectivity index (χ4n) is 2.86. The standard InChI is InChI=1S/C20H20O2S/c1-3-22-19(21)20(2,16-10-5-4-6-11-16)14-17-13-15-9-7-8-12-18(15)23-17/h4-13H,3,14H2,1-2H3. The highest BCUT2D eigenvalue weighted by Gasteiger charge is 2.37. The molecule has 0 bridgehead atoms. The molecular formula is C20H20O2S. The molecule has 0 saturated heterocycles. The minimum absolute atomic E-state index is 0.163. The van der Waals surface area contributed by atoms with Gasteiger partial charge in [0, 0.05) is 16.0 Å². The Morgan fingerprint density at radius 1 is 1.09 bits per heavy atom. The van der Waals surface area contributed by atoms with Gasteiger partial charge in [0.15, 0.2) is 0 Å². The van der Waals surface area contributed by atoms with Crippen molar-refractivity contribution in [1.29, 1.82) is 0 Å². The highest BCUT2D eigenvalue weighted by Crippen LogP contribution is 2.34. The minimum Gasteiger partial charge on any atom is -0.465 e. The van der Waals surface area contributed by atoms with E-state index >= 15 is 0 Å². The highest BCUT2D eigenvalue weighted by atomic mass is 32.1. The van der Waals surface area contributed by atoms with E-state index in [9.17, 15) is 4.79 Å². The largest absolute Gasteiger partial charge is 0.465 e. The molecule has 3 rings (SSSR count). The molecule has 0 radical (unpaired) electrons. The van der Waals surface area contributed by atoms with Crippen molar-refractivity contribution in [1.82, 2.24) is 0 Å². The predicted octanol–water partition coefficient (Wildman–Crippen LogP) is 4.96. The summed E-state index contributed by atoms with van der Waals surface area (Å²) in [5.41, 5.74) is 0.328. The van der Waals surface area contributed by atoms with E-state index in [-0.39, 0.29) is 5.97 Å². The molecule has 0 amide bonds. The first-order chi connectivity index (χ1) is 11.1. The van der Waals surface area contributed by atoms with Gasteiger partial charge in [-0.2, -0.15) is 0 Å². The number of benzene rings is 2. The van der Waals surface area contributed by atoms with Gasteiger partial charge in [-0.15, -0.1) is 11.3 Å². The van der Waals surface area contributed by atoms with Crippen LogP contribution in [-0.2, 0) is 21.4 Å². The van der Waals surface area contributed by atoms with E-state index in [1.807, 2.05) is 56.3 Å². The molecule has 0 spiro atoms. The number of rotatable bonds is 5. The highest BCUT2D eigenvalue weighted by molar-refractivity contribution is 7.19. The zero-order valence-electron chi connectivity index (χ0n) is 13.4. The average molecular weight is 324 g/mol. The van der Waals surface area contributed by atoms with Gasteiger partial charge in [-0.1, -0.05) is 48.5 Å². The first-order valence-corrected chi connectivity index (χ1v) is 8.65. The number of ether oxygens (including phenoxy) is 1. The molecule has 1 atom stereocenters. The second kappa shape index (κ2) is 6.55. The Balaban J connectivity index is 2.00. The van der Waals surface area contributed by atoms with Crippen molar-refractivity contribution in [2.75, 3.05) is 6.61 Å². The van der Waals surface area contributed by atoms with E-state index in [1.165, 1.54) is 15.0 Å². The van der Waals surface area contributed by atoms with Gasteiger partial charge in [-0.3, -0.25) is 4.79 Å². The molecule has 0 saturated carbocycles. The summed E-state index contributed by atoms with van der Waals surface area (Å²) in [4.78, 5) is 13.9. The molecule has 2 aromatic carbocycles. The van der Waals surface area contributed by atoms with Crippen LogP contribution in [0.1, 0.15) is 24.3 Å². The third-order valence-electron chi connectivity index (χ3n) is 4.14. The second-order valence-electron chi connectivity index (χ2n) is 5.85. The van der Waals surface area contributed by atoms with Crippen LogP contribution in [0.4, 0.5) is 0 Å². The van der Waals surface area contributed by atoms with Crippen molar-refractivity contribution >= 4 is 27.4 Å². The number of carbonyl (C=O) groups excluding carboxylic acids is 1. The van der Waals surface area contributed by atoms with Crippen LogP contribution in [0.2, 0.25) is 0 Å². The normalized spacial score (nSPS) is 13.7. The fraction of sp³-hybridized carbons (Fsp3) is 0.250. The molecule has 0 N–H and O–H groups in total. The van der Waals surface area contributed by atoms with Crippen molar-refractivity contribution in [2.24, 2.45) is 0 Å². The number of carbonyl (C=O) groups is 1. The van der Waals surface area contributed by atoms with Gasteiger partial charge in [-0.05, 0) is 36.9 Å². The first kappa shape index (κ1) is 15.8. The SMILES string of the molecule is CCOC(=O)C(C)(Cc1cc2ccccc2s1)c1ccccc1. The summed E-state index contributed by atoms with van der Waals surface area (Å²) in [6.07, 6.45) is 0.648. The monoisotopic (exact) mass is 324 g/mol. The Labute approximate surface area is 140 Å². The summed E-state index contributed by atoms with van der Waals surface area (Å²) in [5.74, 6) is -0.163. The van der Waals surface area contributed by atoms with Crippen LogP contribution >= 0.6 is 11.3 Å². The Kier molecular flexibility index (Phi) is 4.49. The van der Waals surface area contributed by atoms with Crippen molar-refractivity contribution < 1.29 is 9.53 Å².